The van der Waals surface area contributed by atoms with Crippen LogP contribution >= 0.6 is 0 Å². The Kier molecular flexibility index (Phi) is 2.70. The van der Waals surface area contributed by atoms with E-state index < -0.39 is 0 Å². The van der Waals surface area contributed by atoms with Crippen molar-refractivity contribution in [2.24, 2.45) is 5.41 Å². The van der Waals surface area contributed by atoms with Crippen LogP contribution in [0.15, 0.2) is 18.2 Å². The van der Waals surface area contributed by atoms with E-state index in [-0.39, 0.29) is 11.5 Å². The Morgan fingerprint density at radius 3 is 2.75 bits per heavy atom. The van der Waals surface area contributed by atoms with E-state index in [1.54, 1.807) is 7.11 Å². The van der Waals surface area contributed by atoms with Gasteiger partial charge >= 0.3 is 0 Å². The number of fused-ring (bicyclic) bond motifs is 1. The topological polar surface area (TPSA) is 30.5 Å². The Hall–Kier alpha value is -1.38. The fourth-order valence-corrected chi connectivity index (χ4v) is 1.76. The number of anilines is 1. The number of hydrogen-bond donors (Lipinski definition) is 1. The molecule has 0 aromatic heterocycles. The minimum atomic E-state index is 0.143. The van der Waals surface area contributed by atoms with Gasteiger partial charge in [0.2, 0.25) is 0 Å². The fraction of sp³-hybridized carbons (Fsp3) is 0.538. The van der Waals surface area contributed by atoms with Gasteiger partial charge in [0.1, 0.15) is 17.6 Å². The lowest BCUT2D eigenvalue weighted by molar-refractivity contribution is 0.0921. The molecule has 3 heteroatoms. The average Bonchev–Trinajstić information content (AvgIpc) is 2.26. The van der Waals surface area contributed by atoms with Crippen molar-refractivity contribution in [2.75, 3.05) is 19.0 Å². The van der Waals surface area contributed by atoms with Crippen LogP contribution in [0.3, 0.4) is 0 Å². The van der Waals surface area contributed by atoms with Crippen molar-refractivity contribution in [3.05, 3.63) is 18.2 Å². The molecule has 1 atom stereocenters. The Morgan fingerprint density at radius 2 is 2.12 bits per heavy atom. The van der Waals surface area contributed by atoms with Crippen molar-refractivity contribution in [1.82, 2.24) is 0 Å². The highest BCUT2D eigenvalue weighted by Crippen LogP contribution is 2.36. The summed E-state index contributed by atoms with van der Waals surface area (Å²) in [5.41, 5.74) is 1.16. The van der Waals surface area contributed by atoms with Crippen molar-refractivity contribution >= 4 is 5.69 Å². The summed E-state index contributed by atoms with van der Waals surface area (Å²) in [4.78, 5) is 0. The summed E-state index contributed by atoms with van der Waals surface area (Å²) in [5, 5.41) is 3.39. The molecule has 0 bridgehead atoms. The molecule has 1 N–H and O–H groups in total. The molecular formula is C13H19NO2. The van der Waals surface area contributed by atoms with Crippen LogP contribution in [0.4, 0.5) is 5.69 Å². The lowest BCUT2D eigenvalue weighted by Gasteiger charge is -2.35. The molecule has 0 spiro atoms. The van der Waals surface area contributed by atoms with Crippen LogP contribution in [0.1, 0.15) is 20.8 Å². The minimum Gasteiger partial charge on any atom is -0.497 e. The zero-order valence-corrected chi connectivity index (χ0v) is 10.3. The van der Waals surface area contributed by atoms with Gasteiger partial charge in [-0.05, 0) is 12.1 Å². The molecule has 2 rings (SSSR count). The largest absolute Gasteiger partial charge is 0.497 e. The first-order chi connectivity index (χ1) is 7.50. The second kappa shape index (κ2) is 3.89. The number of ether oxygens (including phenoxy) is 2. The molecule has 16 heavy (non-hydrogen) atoms. The summed E-state index contributed by atoms with van der Waals surface area (Å²) in [6, 6.07) is 5.85. The third-order valence-electron chi connectivity index (χ3n) is 2.90. The monoisotopic (exact) mass is 221 g/mol. The predicted octanol–water partition coefficient (Wildman–Crippen LogP) is 2.91. The van der Waals surface area contributed by atoms with Gasteiger partial charge in [-0.25, -0.2) is 0 Å². The SMILES string of the molecule is COc1ccc2c(c1)NCC(C(C)(C)C)O2. The normalized spacial score (nSPS) is 19.4. The van der Waals surface area contributed by atoms with E-state index in [4.69, 9.17) is 9.47 Å². The lowest BCUT2D eigenvalue weighted by atomic mass is 9.88. The molecule has 0 fully saturated rings. The van der Waals surface area contributed by atoms with Gasteiger partial charge in [0.05, 0.1) is 19.3 Å². The van der Waals surface area contributed by atoms with E-state index >= 15 is 0 Å². The molecule has 1 aromatic carbocycles. The first-order valence-electron chi connectivity index (χ1n) is 5.59. The summed E-state index contributed by atoms with van der Waals surface area (Å²) >= 11 is 0. The molecule has 0 aliphatic carbocycles. The lowest BCUT2D eigenvalue weighted by Crippen LogP contribution is -2.40. The second-order valence-corrected chi connectivity index (χ2v) is 5.22. The first kappa shape index (κ1) is 11.1. The highest BCUT2D eigenvalue weighted by Gasteiger charge is 2.30. The quantitative estimate of drug-likeness (QED) is 0.791. The average molecular weight is 221 g/mol. The van der Waals surface area contributed by atoms with Gasteiger partial charge < -0.3 is 14.8 Å². The standard InChI is InChI=1S/C13H19NO2/c1-13(2,3)12-8-14-10-7-9(15-4)5-6-11(10)16-12/h5-7,12,14H,8H2,1-4H3. The van der Waals surface area contributed by atoms with E-state index in [1.165, 1.54) is 0 Å². The Morgan fingerprint density at radius 1 is 1.38 bits per heavy atom. The van der Waals surface area contributed by atoms with Crippen molar-refractivity contribution in [3.63, 3.8) is 0 Å². The van der Waals surface area contributed by atoms with E-state index in [9.17, 15) is 0 Å². The first-order valence-corrected chi connectivity index (χ1v) is 5.59. The molecule has 1 aliphatic heterocycles. The smallest absolute Gasteiger partial charge is 0.143 e. The third-order valence-corrected chi connectivity index (χ3v) is 2.90. The van der Waals surface area contributed by atoms with Gasteiger partial charge in [-0.3, -0.25) is 0 Å². The van der Waals surface area contributed by atoms with Gasteiger partial charge in [0, 0.05) is 11.5 Å². The summed E-state index contributed by atoms with van der Waals surface area (Å²) in [7, 11) is 1.67. The molecule has 88 valence electrons. The maximum atomic E-state index is 5.98. The van der Waals surface area contributed by atoms with Crippen LogP contribution < -0.4 is 14.8 Å². The highest BCUT2D eigenvalue weighted by atomic mass is 16.5. The zero-order valence-electron chi connectivity index (χ0n) is 10.3. The molecule has 0 radical (unpaired) electrons. The van der Waals surface area contributed by atoms with Gasteiger partial charge in [0.25, 0.3) is 0 Å². The predicted molar refractivity (Wildman–Crippen MR) is 65.4 cm³/mol. The van der Waals surface area contributed by atoms with Gasteiger partial charge in [-0.15, -0.1) is 0 Å². The Balaban J connectivity index is 2.22. The maximum absolute atomic E-state index is 5.98. The maximum Gasteiger partial charge on any atom is 0.143 e. The van der Waals surface area contributed by atoms with Crippen LogP contribution in [-0.4, -0.2) is 19.8 Å². The third kappa shape index (κ3) is 2.08. The van der Waals surface area contributed by atoms with E-state index in [0.29, 0.717) is 0 Å². The molecule has 3 nitrogen and oxygen atoms in total. The van der Waals surface area contributed by atoms with Crippen molar-refractivity contribution in [1.29, 1.82) is 0 Å². The van der Waals surface area contributed by atoms with Crippen LogP contribution in [-0.2, 0) is 0 Å². The van der Waals surface area contributed by atoms with Crippen LogP contribution in [0.2, 0.25) is 0 Å². The van der Waals surface area contributed by atoms with Crippen molar-refractivity contribution in [3.8, 4) is 11.5 Å². The summed E-state index contributed by atoms with van der Waals surface area (Å²) in [6.45, 7) is 7.40. The highest BCUT2D eigenvalue weighted by molar-refractivity contribution is 5.61. The van der Waals surface area contributed by atoms with Gasteiger partial charge in [-0.1, -0.05) is 20.8 Å². The summed E-state index contributed by atoms with van der Waals surface area (Å²) in [6.07, 6.45) is 0.202. The minimum absolute atomic E-state index is 0.143. The Labute approximate surface area is 96.8 Å². The molecule has 1 heterocycles. The van der Waals surface area contributed by atoms with Crippen LogP contribution in [0.25, 0.3) is 0 Å². The Bertz CT molecular complexity index is 382. The number of rotatable bonds is 1. The second-order valence-electron chi connectivity index (χ2n) is 5.22. The van der Waals surface area contributed by atoms with Crippen LogP contribution in [0, 0.1) is 5.41 Å². The van der Waals surface area contributed by atoms with E-state index in [0.717, 1.165) is 23.7 Å². The molecule has 0 saturated carbocycles. The van der Waals surface area contributed by atoms with E-state index in [1.807, 2.05) is 18.2 Å². The molecule has 1 aromatic rings. The molecule has 0 saturated heterocycles. The van der Waals surface area contributed by atoms with E-state index in [2.05, 4.69) is 26.1 Å². The summed E-state index contributed by atoms with van der Waals surface area (Å²) < 4.78 is 11.2. The molecular weight excluding hydrogens is 202 g/mol. The number of benzene rings is 1. The van der Waals surface area contributed by atoms with Crippen molar-refractivity contribution in [2.45, 2.75) is 26.9 Å². The van der Waals surface area contributed by atoms with Crippen LogP contribution in [0.5, 0.6) is 11.5 Å². The molecule has 1 aliphatic rings. The molecule has 0 amide bonds. The van der Waals surface area contributed by atoms with Crippen molar-refractivity contribution < 1.29 is 9.47 Å². The number of methoxy groups -OCH3 is 1. The summed E-state index contributed by atoms with van der Waals surface area (Å²) in [5.74, 6) is 1.76. The van der Waals surface area contributed by atoms with Gasteiger partial charge in [0.15, 0.2) is 0 Å². The fourth-order valence-electron chi connectivity index (χ4n) is 1.76. The number of hydrogen-bond acceptors (Lipinski definition) is 3. The van der Waals surface area contributed by atoms with Gasteiger partial charge in [-0.2, -0.15) is 0 Å². The zero-order chi connectivity index (χ0) is 11.8. The number of nitrogens with one attached hydrogen (secondary N) is 1. The molecule has 1 unspecified atom stereocenters.